The lowest BCUT2D eigenvalue weighted by Gasteiger charge is -2.09. The molecule has 1 N–H and O–H groups in total. The molecular weight excluding hydrogens is 360 g/mol. The topological polar surface area (TPSA) is 61.8 Å². The first-order valence-corrected chi connectivity index (χ1v) is 8.65. The molecule has 1 aliphatic rings. The Morgan fingerprint density at radius 2 is 2.00 bits per heavy atom. The first-order chi connectivity index (χ1) is 12.4. The quantitative estimate of drug-likeness (QED) is 0.889. The highest BCUT2D eigenvalue weighted by atomic mass is 32.2. The molecule has 2 amide bonds. The summed E-state index contributed by atoms with van der Waals surface area (Å²) in [7, 11) is 1.54. The van der Waals surface area contributed by atoms with Gasteiger partial charge in [-0.25, -0.2) is 13.8 Å². The second-order valence-electron chi connectivity index (χ2n) is 5.61. The van der Waals surface area contributed by atoms with Gasteiger partial charge in [0.25, 0.3) is 0 Å². The lowest BCUT2D eigenvalue weighted by atomic mass is 10.2. The predicted molar refractivity (Wildman–Crippen MR) is 97.3 cm³/mol. The Morgan fingerprint density at radius 1 is 1.23 bits per heavy atom. The van der Waals surface area contributed by atoms with Crippen molar-refractivity contribution >= 4 is 40.1 Å². The zero-order valence-electron chi connectivity index (χ0n) is 13.8. The van der Waals surface area contributed by atoms with Gasteiger partial charge in [0.15, 0.2) is 5.17 Å². The maximum Gasteiger partial charge on any atom is 0.242 e. The van der Waals surface area contributed by atoms with Crippen LogP contribution in [0.4, 0.5) is 20.2 Å². The zero-order chi connectivity index (χ0) is 18.7. The third kappa shape index (κ3) is 4.08. The Hall–Kier alpha value is -2.74. The third-order valence-electron chi connectivity index (χ3n) is 3.69. The van der Waals surface area contributed by atoms with Gasteiger partial charge in [-0.3, -0.25) is 14.5 Å². The number of anilines is 1. The van der Waals surface area contributed by atoms with Gasteiger partial charge in [-0.1, -0.05) is 30.0 Å². The van der Waals surface area contributed by atoms with Crippen LogP contribution in [-0.4, -0.2) is 34.2 Å². The molecule has 1 atom stereocenters. The molecule has 0 bridgehead atoms. The monoisotopic (exact) mass is 375 g/mol. The molecule has 8 heteroatoms. The molecular formula is C18H15F2N3O2S. The van der Waals surface area contributed by atoms with E-state index in [-0.39, 0.29) is 18.0 Å². The maximum absolute atomic E-state index is 13.6. The largest absolute Gasteiger partial charge is 0.324 e. The predicted octanol–water partition coefficient (Wildman–Crippen LogP) is 3.55. The van der Waals surface area contributed by atoms with Crippen molar-refractivity contribution in [3.63, 3.8) is 0 Å². The van der Waals surface area contributed by atoms with Gasteiger partial charge in [-0.15, -0.1) is 0 Å². The number of amidine groups is 1. The van der Waals surface area contributed by atoms with Crippen LogP contribution in [0.25, 0.3) is 0 Å². The lowest BCUT2D eigenvalue weighted by Crippen LogP contribution is -2.30. The summed E-state index contributed by atoms with van der Waals surface area (Å²) in [6.07, 6.45) is -0.121. The highest BCUT2D eigenvalue weighted by molar-refractivity contribution is 8.15. The van der Waals surface area contributed by atoms with Gasteiger partial charge < -0.3 is 5.32 Å². The average Bonchev–Trinajstić information content (AvgIpc) is 2.85. The van der Waals surface area contributed by atoms with Crippen molar-refractivity contribution in [1.82, 2.24) is 4.90 Å². The molecule has 134 valence electrons. The number of aliphatic imine (C=N–C) groups is 1. The van der Waals surface area contributed by atoms with Crippen LogP contribution in [0.2, 0.25) is 0 Å². The number of nitrogens with one attached hydrogen (secondary N) is 1. The van der Waals surface area contributed by atoms with Crippen molar-refractivity contribution in [3.8, 4) is 0 Å². The first kappa shape index (κ1) is 18.1. The SMILES string of the molecule is CN1C(=O)[C@H](CC(=O)Nc2ccccc2F)SC1=Nc1cccc(F)c1. The average molecular weight is 375 g/mol. The van der Waals surface area contributed by atoms with Crippen LogP contribution in [0.3, 0.4) is 0 Å². The van der Waals surface area contributed by atoms with E-state index in [4.69, 9.17) is 0 Å². The molecule has 1 aliphatic heterocycles. The Bertz CT molecular complexity index is 888. The van der Waals surface area contributed by atoms with Gasteiger partial charge >= 0.3 is 0 Å². The molecule has 2 aromatic carbocycles. The summed E-state index contributed by atoms with van der Waals surface area (Å²) in [5, 5.41) is 2.17. The molecule has 1 fully saturated rings. The number of benzene rings is 2. The summed E-state index contributed by atoms with van der Waals surface area (Å²) < 4.78 is 26.9. The van der Waals surface area contributed by atoms with Crippen molar-refractivity contribution in [2.45, 2.75) is 11.7 Å². The molecule has 3 rings (SSSR count). The maximum atomic E-state index is 13.6. The molecule has 0 radical (unpaired) electrons. The minimum atomic E-state index is -0.668. The Kier molecular flexibility index (Phi) is 5.32. The van der Waals surface area contributed by atoms with E-state index in [2.05, 4.69) is 10.3 Å². The molecule has 0 aromatic heterocycles. The van der Waals surface area contributed by atoms with E-state index >= 15 is 0 Å². The van der Waals surface area contributed by atoms with Crippen molar-refractivity contribution in [3.05, 3.63) is 60.2 Å². The van der Waals surface area contributed by atoms with Crippen LogP contribution >= 0.6 is 11.8 Å². The van der Waals surface area contributed by atoms with Crippen molar-refractivity contribution in [2.75, 3.05) is 12.4 Å². The molecule has 1 saturated heterocycles. The number of nitrogens with zero attached hydrogens (tertiary/aromatic N) is 2. The van der Waals surface area contributed by atoms with Crippen LogP contribution in [0.1, 0.15) is 6.42 Å². The number of carbonyl (C=O) groups is 2. The number of hydrogen-bond donors (Lipinski definition) is 1. The number of carbonyl (C=O) groups excluding carboxylic acids is 2. The van der Waals surface area contributed by atoms with Crippen LogP contribution in [-0.2, 0) is 9.59 Å². The van der Waals surface area contributed by atoms with Gasteiger partial charge in [-0.2, -0.15) is 0 Å². The van der Waals surface area contributed by atoms with Crippen molar-refractivity contribution in [1.29, 1.82) is 0 Å². The normalized spacial score (nSPS) is 18.4. The minimum absolute atomic E-state index is 0.0648. The summed E-state index contributed by atoms with van der Waals surface area (Å²) in [6.45, 7) is 0. The fraction of sp³-hybridized carbons (Fsp3) is 0.167. The summed E-state index contributed by atoms with van der Waals surface area (Å²) in [4.78, 5) is 30.0. The standard InChI is InChI=1S/C18H15F2N3O2S/c1-23-17(25)15(10-16(24)22-14-8-3-2-7-13(14)20)26-18(23)21-12-6-4-5-11(19)9-12/h2-9,15H,10H2,1H3,(H,22,24)/t15-/m0/s1. The van der Waals surface area contributed by atoms with E-state index in [1.165, 1.54) is 41.3 Å². The lowest BCUT2D eigenvalue weighted by molar-refractivity contribution is -0.127. The number of rotatable bonds is 4. The van der Waals surface area contributed by atoms with E-state index < -0.39 is 22.8 Å². The van der Waals surface area contributed by atoms with Crippen molar-refractivity contribution in [2.24, 2.45) is 4.99 Å². The van der Waals surface area contributed by atoms with Gasteiger partial charge in [0.2, 0.25) is 11.8 Å². The summed E-state index contributed by atoms with van der Waals surface area (Å²) in [6, 6.07) is 11.5. The number of halogens is 2. The highest BCUT2D eigenvalue weighted by Gasteiger charge is 2.37. The van der Waals surface area contributed by atoms with Gasteiger partial charge in [0.1, 0.15) is 16.9 Å². The molecule has 1 heterocycles. The fourth-order valence-corrected chi connectivity index (χ4v) is 3.54. The van der Waals surface area contributed by atoms with E-state index in [0.29, 0.717) is 10.9 Å². The molecule has 0 aliphatic carbocycles. The molecule has 2 aromatic rings. The Morgan fingerprint density at radius 3 is 2.73 bits per heavy atom. The molecule has 0 saturated carbocycles. The van der Waals surface area contributed by atoms with E-state index in [0.717, 1.165) is 11.8 Å². The zero-order valence-corrected chi connectivity index (χ0v) is 14.6. The third-order valence-corrected chi connectivity index (χ3v) is 4.92. The second kappa shape index (κ2) is 7.65. The Labute approximate surface area is 153 Å². The highest BCUT2D eigenvalue weighted by Crippen LogP contribution is 2.31. The number of amides is 2. The number of para-hydroxylation sites is 1. The van der Waals surface area contributed by atoms with Gasteiger partial charge in [-0.05, 0) is 30.3 Å². The molecule has 26 heavy (non-hydrogen) atoms. The van der Waals surface area contributed by atoms with Crippen LogP contribution in [0.15, 0.2) is 53.5 Å². The molecule has 5 nitrogen and oxygen atoms in total. The smallest absolute Gasteiger partial charge is 0.242 e. The van der Waals surface area contributed by atoms with E-state index in [1.807, 2.05) is 0 Å². The van der Waals surface area contributed by atoms with Crippen LogP contribution < -0.4 is 5.32 Å². The number of thioether (sulfide) groups is 1. The van der Waals surface area contributed by atoms with Crippen molar-refractivity contribution < 1.29 is 18.4 Å². The molecule has 0 spiro atoms. The van der Waals surface area contributed by atoms with Crippen LogP contribution in [0.5, 0.6) is 0 Å². The minimum Gasteiger partial charge on any atom is -0.324 e. The van der Waals surface area contributed by atoms with Crippen LogP contribution in [0, 0.1) is 11.6 Å². The summed E-state index contributed by atoms with van der Waals surface area (Å²) in [5.74, 6) is -1.73. The fourth-order valence-electron chi connectivity index (χ4n) is 2.39. The Balaban J connectivity index is 1.69. The van der Waals surface area contributed by atoms with E-state index in [1.54, 1.807) is 19.2 Å². The first-order valence-electron chi connectivity index (χ1n) is 7.77. The van der Waals surface area contributed by atoms with E-state index in [9.17, 15) is 18.4 Å². The summed E-state index contributed by atoms with van der Waals surface area (Å²) >= 11 is 1.12. The summed E-state index contributed by atoms with van der Waals surface area (Å²) in [5.41, 5.74) is 0.443. The number of hydrogen-bond acceptors (Lipinski definition) is 4. The van der Waals surface area contributed by atoms with Gasteiger partial charge in [0, 0.05) is 13.5 Å². The second-order valence-corrected chi connectivity index (χ2v) is 6.78. The van der Waals surface area contributed by atoms with Gasteiger partial charge in [0.05, 0.1) is 11.4 Å². The molecule has 0 unspecified atom stereocenters.